The Labute approximate surface area is 161 Å². The number of para-hydroxylation sites is 1. The van der Waals surface area contributed by atoms with Gasteiger partial charge in [-0.05, 0) is 48.5 Å². The van der Waals surface area contributed by atoms with E-state index in [2.05, 4.69) is 10.3 Å². The first-order valence-electron chi connectivity index (χ1n) is 8.70. The van der Waals surface area contributed by atoms with Gasteiger partial charge in [-0.1, -0.05) is 18.2 Å². The Bertz CT molecular complexity index is 1150. The summed E-state index contributed by atoms with van der Waals surface area (Å²) < 4.78 is 7.26. The van der Waals surface area contributed by atoms with Crippen LogP contribution >= 0.6 is 0 Å². The van der Waals surface area contributed by atoms with Crippen molar-refractivity contribution in [3.8, 4) is 5.75 Å². The number of esters is 1. The fraction of sp³-hybridized carbons (Fsp3) is 0.0455. The number of rotatable bonds is 4. The van der Waals surface area contributed by atoms with Gasteiger partial charge in [0.15, 0.2) is 0 Å². The van der Waals surface area contributed by atoms with E-state index in [9.17, 15) is 9.59 Å². The number of carbonyl (C=O) groups is 2. The van der Waals surface area contributed by atoms with Crippen LogP contribution in [0.2, 0.25) is 0 Å². The van der Waals surface area contributed by atoms with Gasteiger partial charge in [0.05, 0.1) is 11.9 Å². The lowest BCUT2D eigenvalue weighted by Crippen LogP contribution is -2.14. The minimum absolute atomic E-state index is 0.264. The highest BCUT2D eigenvalue weighted by molar-refractivity contribution is 6.04. The van der Waals surface area contributed by atoms with Crippen LogP contribution in [0, 0.1) is 0 Å². The standard InChI is InChI=1S/C22H17N3O3/c1-25-19-7-3-2-5-16(19)13-20(25)22(27)28-18-10-8-15(9-11-18)21(26)24-17-6-4-12-23-14-17/h2-14H,1H3,(H,24,26). The van der Waals surface area contributed by atoms with Gasteiger partial charge in [-0.3, -0.25) is 9.78 Å². The van der Waals surface area contributed by atoms with Crippen LogP contribution in [0.25, 0.3) is 10.9 Å². The predicted octanol–water partition coefficient (Wildman–Crippen LogP) is 4.04. The van der Waals surface area contributed by atoms with Gasteiger partial charge in [0.2, 0.25) is 0 Å². The maximum Gasteiger partial charge on any atom is 0.360 e. The third-order valence-electron chi connectivity index (χ3n) is 4.41. The minimum Gasteiger partial charge on any atom is -0.422 e. The molecule has 2 aromatic heterocycles. The molecular weight excluding hydrogens is 354 g/mol. The lowest BCUT2D eigenvalue weighted by Gasteiger charge is -2.07. The number of amides is 1. The smallest absolute Gasteiger partial charge is 0.360 e. The minimum atomic E-state index is -0.453. The quantitative estimate of drug-likeness (QED) is 0.434. The first-order valence-corrected chi connectivity index (χ1v) is 8.70. The van der Waals surface area contributed by atoms with Crippen LogP contribution < -0.4 is 10.1 Å². The van der Waals surface area contributed by atoms with Gasteiger partial charge >= 0.3 is 5.97 Å². The van der Waals surface area contributed by atoms with Crippen LogP contribution in [-0.2, 0) is 7.05 Å². The molecule has 0 fully saturated rings. The predicted molar refractivity (Wildman–Crippen MR) is 107 cm³/mol. The number of nitrogens with one attached hydrogen (secondary N) is 1. The number of nitrogens with zero attached hydrogens (tertiary/aromatic N) is 2. The van der Waals surface area contributed by atoms with Crippen molar-refractivity contribution < 1.29 is 14.3 Å². The number of aromatic nitrogens is 2. The summed E-state index contributed by atoms with van der Waals surface area (Å²) in [7, 11) is 1.82. The first-order chi connectivity index (χ1) is 13.6. The molecule has 2 aromatic carbocycles. The highest BCUT2D eigenvalue weighted by atomic mass is 16.5. The van der Waals surface area contributed by atoms with Crippen molar-refractivity contribution in [1.29, 1.82) is 0 Å². The second-order valence-corrected chi connectivity index (χ2v) is 6.26. The molecule has 0 aliphatic heterocycles. The summed E-state index contributed by atoms with van der Waals surface area (Å²) in [4.78, 5) is 28.8. The molecule has 4 rings (SSSR count). The molecular formula is C22H17N3O3. The number of anilines is 1. The Hall–Kier alpha value is -3.93. The molecule has 0 bridgehead atoms. The summed E-state index contributed by atoms with van der Waals surface area (Å²) in [5.74, 6) is -0.348. The van der Waals surface area contributed by atoms with E-state index in [1.165, 1.54) is 0 Å². The van der Waals surface area contributed by atoms with Gasteiger partial charge in [0.25, 0.3) is 5.91 Å². The number of fused-ring (bicyclic) bond motifs is 1. The summed E-state index contributed by atoms with van der Waals surface area (Å²) in [6, 6.07) is 19.4. The van der Waals surface area contributed by atoms with E-state index in [4.69, 9.17) is 4.74 Å². The number of carbonyl (C=O) groups excluding carboxylic acids is 2. The summed E-state index contributed by atoms with van der Waals surface area (Å²) in [5, 5.41) is 3.73. The highest BCUT2D eigenvalue weighted by Gasteiger charge is 2.15. The van der Waals surface area contributed by atoms with Gasteiger partial charge in [-0.25, -0.2) is 4.79 Å². The lowest BCUT2D eigenvalue weighted by molar-refractivity contribution is 0.0725. The molecule has 0 unspecified atom stereocenters. The molecule has 138 valence electrons. The Morgan fingerprint density at radius 3 is 2.50 bits per heavy atom. The van der Waals surface area contributed by atoms with E-state index in [1.54, 1.807) is 59.4 Å². The van der Waals surface area contributed by atoms with Crippen molar-refractivity contribution in [1.82, 2.24) is 9.55 Å². The van der Waals surface area contributed by atoms with E-state index in [-0.39, 0.29) is 5.91 Å². The topological polar surface area (TPSA) is 73.2 Å². The third kappa shape index (κ3) is 3.48. The van der Waals surface area contributed by atoms with E-state index in [1.807, 2.05) is 31.3 Å². The largest absolute Gasteiger partial charge is 0.422 e. The molecule has 6 nitrogen and oxygen atoms in total. The maximum absolute atomic E-state index is 12.5. The maximum atomic E-state index is 12.5. The number of hydrogen-bond donors (Lipinski definition) is 1. The Morgan fingerprint density at radius 2 is 1.79 bits per heavy atom. The summed E-state index contributed by atoms with van der Waals surface area (Å²) in [6.45, 7) is 0. The van der Waals surface area contributed by atoms with Gasteiger partial charge in [0.1, 0.15) is 11.4 Å². The van der Waals surface area contributed by atoms with Crippen LogP contribution in [0.3, 0.4) is 0 Å². The zero-order valence-electron chi connectivity index (χ0n) is 15.1. The molecule has 2 heterocycles. The van der Waals surface area contributed by atoms with Crippen molar-refractivity contribution in [3.63, 3.8) is 0 Å². The molecule has 28 heavy (non-hydrogen) atoms. The molecule has 0 spiro atoms. The molecule has 1 N–H and O–H groups in total. The Morgan fingerprint density at radius 1 is 1.00 bits per heavy atom. The van der Waals surface area contributed by atoms with Crippen molar-refractivity contribution in [2.45, 2.75) is 0 Å². The van der Waals surface area contributed by atoms with E-state index >= 15 is 0 Å². The molecule has 0 saturated carbocycles. The second-order valence-electron chi connectivity index (χ2n) is 6.26. The number of benzene rings is 2. The molecule has 0 atom stereocenters. The van der Waals surface area contributed by atoms with Crippen LogP contribution in [0.4, 0.5) is 5.69 Å². The first kappa shape index (κ1) is 17.5. The molecule has 0 aliphatic rings. The van der Waals surface area contributed by atoms with Crippen LogP contribution in [0.15, 0.2) is 79.1 Å². The zero-order valence-corrected chi connectivity index (χ0v) is 15.1. The molecule has 4 aromatic rings. The van der Waals surface area contributed by atoms with Crippen LogP contribution in [0.1, 0.15) is 20.8 Å². The summed E-state index contributed by atoms with van der Waals surface area (Å²) >= 11 is 0. The van der Waals surface area contributed by atoms with Crippen molar-refractivity contribution in [2.75, 3.05) is 5.32 Å². The fourth-order valence-corrected chi connectivity index (χ4v) is 2.96. The van der Waals surface area contributed by atoms with Gasteiger partial charge in [0, 0.05) is 29.7 Å². The summed E-state index contributed by atoms with van der Waals surface area (Å²) in [5.41, 5.74) is 2.48. The second kappa shape index (κ2) is 7.36. The normalized spacial score (nSPS) is 10.6. The molecule has 0 radical (unpaired) electrons. The average Bonchev–Trinajstić information content (AvgIpc) is 3.06. The van der Waals surface area contributed by atoms with E-state index in [0.29, 0.717) is 22.7 Å². The SMILES string of the molecule is Cn1c(C(=O)Oc2ccc(C(=O)Nc3cccnc3)cc2)cc2ccccc21. The Kier molecular flexibility index (Phi) is 4.60. The van der Waals surface area contributed by atoms with Crippen LogP contribution in [0.5, 0.6) is 5.75 Å². The molecule has 0 saturated heterocycles. The highest BCUT2D eigenvalue weighted by Crippen LogP contribution is 2.21. The fourth-order valence-electron chi connectivity index (χ4n) is 2.96. The van der Waals surface area contributed by atoms with Crippen molar-refractivity contribution in [2.24, 2.45) is 7.05 Å². The van der Waals surface area contributed by atoms with Crippen molar-refractivity contribution in [3.05, 3.63) is 90.4 Å². The van der Waals surface area contributed by atoms with Crippen molar-refractivity contribution >= 4 is 28.5 Å². The number of aryl methyl sites for hydroxylation is 1. The lowest BCUT2D eigenvalue weighted by atomic mass is 10.2. The van der Waals surface area contributed by atoms with E-state index in [0.717, 1.165) is 10.9 Å². The van der Waals surface area contributed by atoms with Gasteiger partial charge in [-0.15, -0.1) is 0 Å². The molecule has 6 heteroatoms. The number of hydrogen-bond acceptors (Lipinski definition) is 4. The zero-order chi connectivity index (χ0) is 19.5. The third-order valence-corrected chi connectivity index (χ3v) is 4.41. The number of ether oxygens (including phenoxy) is 1. The number of pyridine rings is 1. The Balaban J connectivity index is 1.47. The molecule has 1 amide bonds. The molecule has 0 aliphatic carbocycles. The van der Waals surface area contributed by atoms with Gasteiger partial charge < -0.3 is 14.6 Å². The van der Waals surface area contributed by atoms with E-state index < -0.39 is 5.97 Å². The average molecular weight is 371 g/mol. The summed E-state index contributed by atoms with van der Waals surface area (Å²) in [6.07, 6.45) is 3.20. The van der Waals surface area contributed by atoms with Crippen LogP contribution in [-0.4, -0.2) is 21.4 Å². The van der Waals surface area contributed by atoms with Gasteiger partial charge in [-0.2, -0.15) is 0 Å². The monoisotopic (exact) mass is 371 g/mol.